The maximum atomic E-state index is 13.2. The number of anilines is 2. The maximum absolute atomic E-state index is 13.2. The van der Waals surface area contributed by atoms with E-state index in [-0.39, 0.29) is 17.6 Å². The molecule has 3 aromatic rings. The van der Waals surface area contributed by atoms with Gasteiger partial charge < -0.3 is 15.1 Å². The van der Waals surface area contributed by atoms with E-state index in [4.69, 9.17) is 4.42 Å². The first kappa shape index (κ1) is 16.3. The maximum Gasteiger partial charge on any atom is 0.292 e. The minimum Gasteiger partial charge on any atom is -0.451 e. The number of halogens is 1. The van der Waals surface area contributed by atoms with Crippen LogP contribution in [0.3, 0.4) is 0 Å². The van der Waals surface area contributed by atoms with Crippen molar-refractivity contribution < 1.29 is 18.4 Å². The number of hydrogen-bond acceptors (Lipinski definition) is 4. The second-order valence-electron chi connectivity index (χ2n) is 6.30. The quantitative estimate of drug-likeness (QED) is 0.744. The molecule has 132 valence electrons. The smallest absolute Gasteiger partial charge is 0.292 e. The Morgan fingerprint density at radius 2 is 1.96 bits per heavy atom. The molecule has 0 unspecified atom stereocenters. The van der Waals surface area contributed by atoms with Crippen LogP contribution in [-0.4, -0.2) is 16.8 Å². The molecule has 0 aliphatic heterocycles. The van der Waals surface area contributed by atoms with E-state index in [0.29, 0.717) is 22.5 Å². The van der Waals surface area contributed by atoms with Gasteiger partial charge in [0.25, 0.3) is 5.91 Å². The van der Waals surface area contributed by atoms with Gasteiger partial charge in [-0.05, 0) is 43.2 Å². The molecule has 0 radical (unpaired) electrons. The lowest BCUT2D eigenvalue weighted by Crippen LogP contribution is -2.28. The van der Waals surface area contributed by atoms with Crippen molar-refractivity contribution in [2.75, 3.05) is 10.6 Å². The molecular weight excluding hydrogens is 337 g/mol. The van der Waals surface area contributed by atoms with Crippen molar-refractivity contribution in [3.8, 4) is 0 Å². The Morgan fingerprint density at radius 3 is 2.65 bits per heavy atom. The lowest BCUT2D eigenvalue weighted by atomic mass is 9.85. The second-order valence-corrected chi connectivity index (χ2v) is 6.30. The molecule has 1 aliphatic carbocycles. The Balaban J connectivity index is 1.42. The normalized spacial score (nSPS) is 14.0. The first-order valence-electron chi connectivity index (χ1n) is 8.36. The average molecular weight is 353 g/mol. The number of amides is 2. The summed E-state index contributed by atoms with van der Waals surface area (Å²) in [5.41, 5.74) is 0.885. The van der Waals surface area contributed by atoms with Gasteiger partial charge in [-0.25, -0.2) is 9.37 Å². The minimum absolute atomic E-state index is 0.00402. The highest BCUT2D eigenvalue weighted by Crippen LogP contribution is 2.27. The molecule has 1 fully saturated rings. The number of carbonyl (C=O) groups excluding carboxylic acids is 2. The Bertz CT molecular complexity index is 977. The van der Waals surface area contributed by atoms with E-state index in [0.717, 1.165) is 19.3 Å². The molecular formula is C19H16FN3O3. The summed E-state index contributed by atoms with van der Waals surface area (Å²) < 4.78 is 18.6. The standard InChI is InChI=1S/C19H16FN3O3/c20-13-5-4-12-8-16(26-15(12)9-13)19(25)23-17-7-6-14(10-21-17)22-18(24)11-2-1-3-11/h4-11H,1-3H2,(H,22,24)(H,21,23,25). The van der Waals surface area contributed by atoms with Crippen LogP contribution in [0, 0.1) is 11.7 Å². The van der Waals surface area contributed by atoms with Gasteiger partial charge in [-0.1, -0.05) is 6.42 Å². The zero-order valence-electron chi connectivity index (χ0n) is 13.8. The van der Waals surface area contributed by atoms with Crippen LogP contribution in [0.1, 0.15) is 29.8 Å². The number of rotatable bonds is 4. The number of nitrogens with zero attached hydrogens (tertiary/aromatic N) is 1. The summed E-state index contributed by atoms with van der Waals surface area (Å²) >= 11 is 0. The molecule has 2 amide bonds. The van der Waals surface area contributed by atoms with Crippen LogP contribution in [0.4, 0.5) is 15.9 Å². The van der Waals surface area contributed by atoms with Gasteiger partial charge in [0.15, 0.2) is 5.76 Å². The van der Waals surface area contributed by atoms with Crippen molar-refractivity contribution in [1.29, 1.82) is 0 Å². The van der Waals surface area contributed by atoms with Crippen molar-refractivity contribution in [3.63, 3.8) is 0 Å². The molecule has 1 aromatic carbocycles. The van der Waals surface area contributed by atoms with Gasteiger partial charge in [0.1, 0.15) is 17.2 Å². The van der Waals surface area contributed by atoms with E-state index in [1.165, 1.54) is 24.4 Å². The number of nitrogens with one attached hydrogen (secondary N) is 2. The van der Waals surface area contributed by atoms with Gasteiger partial charge in [0.05, 0.1) is 11.9 Å². The lowest BCUT2D eigenvalue weighted by molar-refractivity contribution is -0.122. The largest absolute Gasteiger partial charge is 0.451 e. The van der Waals surface area contributed by atoms with Crippen molar-refractivity contribution >= 4 is 34.3 Å². The summed E-state index contributed by atoms with van der Waals surface area (Å²) in [6, 6.07) is 8.88. The predicted molar refractivity (Wildman–Crippen MR) is 94.3 cm³/mol. The van der Waals surface area contributed by atoms with E-state index in [1.807, 2.05) is 0 Å². The monoisotopic (exact) mass is 353 g/mol. The SMILES string of the molecule is O=C(Nc1ccc(NC(=O)C2CCC2)cn1)c1cc2ccc(F)cc2o1. The predicted octanol–water partition coefficient (Wildman–Crippen LogP) is 3.96. The summed E-state index contributed by atoms with van der Waals surface area (Å²) in [5.74, 6) is -0.435. The summed E-state index contributed by atoms with van der Waals surface area (Å²) in [6.45, 7) is 0. The third kappa shape index (κ3) is 3.28. The van der Waals surface area contributed by atoms with Crippen LogP contribution < -0.4 is 10.6 Å². The summed E-state index contributed by atoms with van der Waals surface area (Å²) in [4.78, 5) is 28.3. The number of aromatic nitrogens is 1. The number of furan rings is 1. The second kappa shape index (κ2) is 6.59. The average Bonchev–Trinajstić information content (AvgIpc) is 2.98. The fourth-order valence-corrected chi connectivity index (χ4v) is 2.75. The van der Waals surface area contributed by atoms with E-state index in [9.17, 15) is 14.0 Å². The lowest BCUT2D eigenvalue weighted by Gasteiger charge is -2.23. The van der Waals surface area contributed by atoms with Crippen molar-refractivity contribution in [2.24, 2.45) is 5.92 Å². The first-order chi connectivity index (χ1) is 12.6. The van der Waals surface area contributed by atoms with Crippen LogP contribution in [-0.2, 0) is 4.79 Å². The van der Waals surface area contributed by atoms with Crippen LogP contribution >= 0.6 is 0 Å². The molecule has 2 N–H and O–H groups in total. The molecule has 7 heteroatoms. The topological polar surface area (TPSA) is 84.2 Å². The third-order valence-electron chi connectivity index (χ3n) is 4.45. The van der Waals surface area contributed by atoms with Crippen LogP contribution in [0.5, 0.6) is 0 Å². The van der Waals surface area contributed by atoms with Crippen molar-refractivity contribution in [1.82, 2.24) is 4.98 Å². The van der Waals surface area contributed by atoms with Gasteiger partial charge in [0, 0.05) is 17.4 Å². The van der Waals surface area contributed by atoms with E-state index >= 15 is 0 Å². The van der Waals surface area contributed by atoms with Gasteiger partial charge in [-0.3, -0.25) is 9.59 Å². The Hall–Kier alpha value is -3.22. The summed E-state index contributed by atoms with van der Waals surface area (Å²) in [6.07, 6.45) is 4.43. The molecule has 6 nitrogen and oxygen atoms in total. The van der Waals surface area contributed by atoms with E-state index in [1.54, 1.807) is 18.2 Å². The zero-order chi connectivity index (χ0) is 18.1. The summed E-state index contributed by atoms with van der Waals surface area (Å²) in [5, 5.41) is 6.06. The third-order valence-corrected chi connectivity index (χ3v) is 4.45. The molecule has 2 heterocycles. The fourth-order valence-electron chi connectivity index (χ4n) is 2.75. The van der Waals surface area contributed by atoms with Crippen LogP contribution in [0.15, 0.2) is 47.0 Å². The highest BCUT2D eigenvalue weighted by atomic mass is 19.1. The van der Waals surface area contributed by atoms with Crippen LogP contribution in [0.2, 0.25) is 0 Å². The molecule has 0 spiro atoms. The number of benzene rings is 1. The number of fused-ring (bicyclic) bond motifs is 1. The fraction of sp³-hybridized carbons (Fsp3) is 0.211. The molecule has 0 saturated heterocycles. The van der Waals surface area contributed by atoms with E-state index < -0.39 is 11.7 Å². The van der Waals surface area contributed by atoms with Crippen molar-refractivity contribution in [2.45, 2.75) is 19.3 Å². The Kier molecular flexibility index (Phi) is 4.12. The van der Waals surface area contributed by atoms with Gasteiger partial charge in [-0.15, -0.1) is 0 Å². The number of hydrogen-bond donors (Lipinski definition) is 2. The molecule has 1 aliphatic rings. The highest BCUT2D eigenvalue weighted by Gasteiger charge is 2.25. The molecule has 1 saturated carbocycles. The van der Waals surface area contributed by atoms with Gasteiger partial charge in [-0.2, -0.15) is 0 Å². The van der Waals surface area contributed by atoms with E-state index in [2.05, 4.69) is 15.6 Å². The van der Waals surface area contributed by atoms with Crippen LogP contribution in [0.25, 0.3) is 11.0 Å². The Morgan fingerprint density at radius 1 is 1.12 bits per heavy atom. The molecule has 2 aromatic heterocycles. The zero-order valence-corrected chi connectivity index (χ0v) is 13.8. The summed E-state index contributed by atoms with van der Waals surface area (Å²) in [7, 11) is 0. The molecule has 0 atom stereocenters. The number of pyridine rings is 1. The highest BCUT2D eigenvalue weighted by molar-refractivity contribution is 6.04. The molecule has 26 heavy (non-hydrogen) atoms. The molecule has 0 bridgehead atoms. The van der Waals surface area contributed by atoms with Gasteiger partial charge >= 0.3 is 0 Å². The number of carbonyl (C=O) groups is 2. The molecule has 4 rings (SSSR count). The first-order valence-corrected chi connectivity index (χ1v) is 8.36. The van der Waals surface area contributed by atoms with Gasteiger partial charge in [0.2, 0.25) is 5.91 Å². The Labute approximate surface area is 148 Å². The van der Waals surface area contributed by atoms with Crippen molar-refractivity contribution in [3.05, 3.63) is 54.2 Å². The minimum atomic E-state index is -0.486.